The van der Waals surface area contributed by atoms with Crippen LogP contribution in [0.25, 0.3) is 0 Å². The molecule has 1 saturated carbocycles. The molecule has 0 aromatic heterocycles. The Morgan fingerprint density at radius 3 is 2.68 bits per heavy atom. The third kappa shape index (κ3) is 2.89. The van der Waals surface area contributed by atoms with Crippen molar-refractivity contribution in [2.24, 2.45) is 5.92 Å². The summed E-state index contributed by atoms with van der Waals surface area (Å²) in [6.45, 7) is 0. The van der Waals surface area contributed by atoms with Gasteiger partial charge in [-0.1, -0.05) is 17.5 Å². The van der Waals surface area contributed by atoms with E-state index in [0.717, 1.165) is 19.2 Å². The zero-order chi connectivity index (χ0) is 18.4. The Bertz CT molecular complexity index is 810. The average molecular weight is 374 g/mol. The number of alkyl halides is 3. The van der Waals surface area contributed by atoms with Gasteiger partial charge in [-0.25, -0.2) is 9.59 Å². The van der Waals surface area contributed by atoms with Crippen LogP contribution in [0.1, 0.15) is 18.4 Å². The van der Waals surface area contributed by atoms with Crippen LogP contribution in [0.3, 0.4) is 0 Å². The Labute approximate surface area is 145 Å². The number of benzene rings is 1. The summed E-state index contributed by atoms with van der Waals surface area (Å²) in [6.07, 6.45) is -6.37. The predicted octanol–water partition coefficient (Wildman–Crippen LogP) is 4.23. The van der Waals surface area contributed by atoms with Crippen molar-refractivity contribution in [3.8, 4) is 11.8 Å². The van der Waals surface area contributed by atoms with Crippen LogP contribution in [-0.4, -0.2) is 25.5 Å². The number of carbonyl (C=O) groups is 2. The lowest BCUT2D eigenvalue weighted by molar-refractivity contribution is -0.240. The first-order valence-electron chi connectivity index (χ1n) is 7.20. The highest BCUT2D eigenvalue weighted by molar-refractivity contribution is 6.31. The highest BCUT2D eigenvalue weighted by atomic mass is 35.5. The maximum Gasteiger partial charge on any atom is 0.445 e. The van der Waals surface area contributed by atoms with Gasteiger partial charge in [0.2, 0.25) is 0 Å². The van der Waals surface area contributed by atoms with Crippen LogP contribution in [0.5, 0.6) is 0 Å². The number of hydrogen-bond acceptors (Lipinski definition) is 4. The highest BCUT2D eigenvalue weighted by Crippen LogP contribution is 2.50. The molecule has 25 heavy (non-hydrogen) atoms. The van der Waals surface area contributed by atoms with E-state index in [1.54, 1.807) is 0 Å². The maximum absolute atomic E-state index is 13.9. The summed E-state index contributed by atoms with van der Waals surface area (Å²) in [5.41, 5.74) is -4.07. The zero-order valence-corrected chi connectivity index (χ0v) is 13.6. The van der Waals surface area contributed by atoms with Gasteiger partial charge in [0.15, 0.2) is 0 Å². The van der Waals surface area contributed by atoms with Gasteiger partial charge >= 0.3 is 18.4 Å². The number of amides is 2. The Hall–Kier alpha value is -2.40. The fraction of sp³-hybridized carbons (Fsp3) is 0.375. The van der Waals surface area contributed by atoms with Crippen molar-refractivity contribution in [1.29, 1.82) is 0 Å². The minimum Gasteiger partial charge on any atom is -0.452 e. The summed E-state index contributed by atoms with van der Waals surface area (Å²) >= 11 is 5.84. The van der Waals surface area contributed by atoms with Gasteiger partial charge in [0.25, 0.3) is 5.60 Å². The number of rotatable bonds is 0. The van der Waals surface area contributed by atoms with Crippen molar-refractivity contribution in [3.05, 3.63) is 28.8 Å². The molecule has 5 nitrogen and oxygen atoms in total. The quantitative estimate of drug-likeness (QED) is 0.638. The SMILES string of the molecule is COC(=O)N1C(=O)O[C@](C#CC2CC2)(C(F)(F)F)c2cc(Cl)ccc21. The van der Waals surface area contributed by atoms with Crippen molar-refractivity contribution in [1.82, 2.24) is 0 Å². The van der Waals surface area contributed by atoms with Crippen molar-refractivity contribution in [2.75, 3.05) is 12.0 Å². The van der Waals surface area contributed by atoms with Gasteiger partial charge in [-0.3, -0.25) is 0 Å². The third-order valence-electron chi connectivity index (χ3n) is 3.79. The number of halogens is 4. The standard InChI is InChI=1S/C16H11ClF3NO4/c1-24-13(22)21-12-5-4-10(17)8-11(12)15(16(18,19)20,25-14(21)23)7-6-9-2-3-9/h4-5,8-9H,2-3H2,1H3/t15-/m0/s1. The summed E-state index contributed by atoms with van der Waals surface area (Å²) < 4.78 is 50.8. The average Bonchev–Trinajstić information content (AvgIpc) is 3.35. The predicted molar refractivity (Wildman–Crippen MR) is 81.1 cm³/mol. The molecule has 0 radical (unpaired) electrons. The molecule has 2 aliphatic rings. The number of cyclic esters (lactones) is 1. The molecule has 0 N–H and O–H groups in total. The van der Waals surface area contributed by atoms with Crippen molar-refractivity contribution < 1.29 is 32.2 Å². The number of anilines is 1. The summed E-state index contributed by atoms with van der Waals surface area (Å²) in [4.78, 5) is 24.4. The van der Waals surface area contributed by atoms with E-state index in [4.69, 9.17) is 11.6 Å². The summed E-state index contributed by atoms with van der Waals surface area (Å²) in [5.74, 6) is 4.39. The molecule has 1 atom stereocenters. The maximum atomic E-state index is 13.9. The molecule has 0 spiro atoms. The molecule has 0 saturated heterocycles. The highest BCUT2D eigenvalue weighted by Gasteiger charge is 2.63. The molecule has 1 aromatic rings. The van der Waals surface area contributed by atoms with Crippen LogP contribution in [-0.2, 0) is 15.1 Å². The second kappa shape index (κ2) is 5.85. The monoisotopic (exact) mass is 373 g/mol. The Morgan fingerprint density at radius 1 is 1.44 bits per heavy atom. The molecule has 0 bridgehead atoms. The molecule has 3 rings (SSSR count). The molecule has 0 unspecified atom stereocenters. The van der Waals surface area contributed by atoms with Gasteiger partial charge in [0, 0.05) is 16.5 Å². The topological polar surface area (TPSA) is 55.8 Å². The normalized spacial score (nSPS) is 22.4. The van der Waals surface area contributed by atoms with E-state index in [9.17, 15) is 22.8 Å². The Kier molecular flexibility index (Phi) is 4.07. The fourth-order valence-electron chi connectivity index (χ4n) is 2.38. The van der Waals surface area contributed by atoms with E-state index >= 15 is 0 Å². The lowest BCUT2D eigenvalue weighted by Crippen LogP contribution is -2.54. The number of carbonyl (C=O) groups excluding carboxylic acids is 2. The van der Waals surface area contributed by atoms with Gasteiger partial charge < -0.3 is 9.47 Å². The van der Waals surface area contributed by atoms with Crippen LogP contribution in [0.15, 0.2) is 18.2 Å². The van der Waals surface area contributed by atoms with Gasteiger partial charge in [0.05, 0.1) is 12.8 Å². The number of hydrogen-bond donors (Lipinski definition) is 0. The van der Waals surface area contributed by atoms with Crippen LogP contribution < -0.4 is 4.90 Å². The van der Waals surface area contributed by atoms with Crippen molar-refractivity contribution in [2.45, 2.75) is 24.6 Å². The number of imide groups is 1. The summed E-state index contributed by atoms with van der Waals surface area (Å²) in [6, 6.07) is 3.35. The zero-order valence-electron chi connectivity index (χ0n) is 12.8. The number of ether oxygens (including phenoxy) is 2. The van der Waals surface area contributed by atoms with E-state index in [1.165, 1.54) is 6.07 Å². The van der Waals surface area contributed by atoms with Gasteiger partial charge in [-0.2, -0.15) is 18.1 Å². The minimum absolute atomic E-state index is 0.0247. The number of nitrogens with zero attached hydrogens (tertiary/aromatic N) is 1. The summed E-state index contributed by atoms with van der Waals surface area (Å²) in [7, 11) is 0.990. The molecule has 9 heteroatoms. The molecule has 2 amide bonds. The van der Waals surface area contributed by atoms with E-state index in [2.05, 4.69) is 21.3 Å². The molecule has 1 aliphatic heterocycles. The van der Waals surface area contributed by atoms with Crippen molar-refractivity contribution >= 4 is 29.5 Å². The Balaban J connectivity index is 2.26. The molecular formula is C16H11ClF3NO4. The van der Waals surface area contributed by atoms with Gasteiger partial charge in [0.1, 0.15) is 0 Å². The van der Waals surface area contributed by atoms with E-state index < -0.39 is 29.5 Å². The Morgan fingerprint density at radius 2 is 2.12 bits per heavy atom. The molecule has 1 aliphatic carbocycles. The van der Waals surface area contributed by atoms with Crippen LogP contribution in [0, 0.1) is 17.8 Å². The largest absolute Gasteiger partial charge is 0.452 e. The van der Waals surface area contributed by atoms with E-state index in [-0.39, 0.29) is 16.6 Å². The lowest BCUT2D eigenvalue weighted by atomic mass is 9.89. The number of methoxy groups -OCH3 is 1. The third-order valence-corrected chi connectivity index (χ3v) is 4.02. The van der Waals surface area contributed by atoms with Gasteiger partial charge in [-0.05, 0) is 37.0 Å². The second-order valence-corrected chi connectivity index (χ2v) is 5.99. The first-order valence-corrected chi connectivity index (χ1v) is 7.58. The first-order chi connectivity index (χ1) is 11.7. The van der Waals surface area contributed by atoms with Crippen LogP contribution >= 0.6 is 11.6 Å². The van der Waals surface area contributed by atoms with E-state index in [1.807, 2.05) is 0 Å². The molecule has 1 heterocycles. The smallest absolute Gasteiger partial charge is 0.445 e. The van der Waals surface area contributed by atoms with Crippen molar-refractivity contribution in [3.63, 3.8) is 0 Å². The molecular weight excluding hydrogens is 363 g/mol. The summed E-state index contributed by atoms with van der Waals surface area (Å²) in [5, 5.41) is -0.0247. The molecule has 1 fully saturated rings. The van der Waals surface area contributed by atoms with E-state index in [0.29, 0.717) is 17.7 Å². The van der Waals surface area contributed by atoms with Crippen LogP contribution in [0.4, 0.5) is 28.4 Å². The lowest BCUT2D eigenvalue weighted by Gasteiger charge is -2.38. The molecule has 1 aromatic carbocycles. The van der Waals surface area contributed by atoms with Crippen LogP contribution in [0.2, 0.25) is 5.02 Å². The first kappa shape index (κ1) is 17.4. The van der Waals surface area contributed by atoms with Gasteiger partial charge in [-0.15, -0.1) is 0 Å². The number of fused-ring (bicyclic) bond motifs is 1. The second-order valence-electron chi connectivity index (χ2n) is 5.56. The fourth-order valence-corrected chi connectivity index (χ4v) is 2.56. The molecule has 132 valence electrons. The minimum atomic E-state index is -5.04.